The predicted octanol–water partition coefficient (Wildman–Crippen LogP) is 6.37. The highest BCUT2D eigenvalue weighted by atomic mass is 28.4. The van der Waals surface area contributed by atoms with E-state index in [1.807, 2.05) is 13.8 Å². The molecule has 0 amide bonds. The van der Waals surface area contributed by atoms with Crippen molar-refractivity contribution < 1.29 is 8.85 Å². The average Bonchev–Trinajstić information content (AvgIpc) is 2.69. The Bertz CT molecular complexity index is 444. The van der Waals surface area contributed by atoms with Gasteiger partial charge in [-0.25, -0.2) is 0 Å². The van der Waals surface area contributed by atoms with Crippen LogP contribution in [0.5, 0.6) is 0 Å². The molecule has 150 valence electrons. The van der Waals surface area contributed by atoms with E-state index in [9.17, 15) is 10.5 Å². The van der Waals surface area contributed by atoms with Crippen LogP contribution in [0.25, 0.3) is 0 Å². The molecule has 0 aliphatic heterocycles. The van der Waals surface area contributed by atoms with Crippen molar-refractivity contribution in [2.24, 2.45) is 0 Å². The lowest BCUT2D eigenvalue weighted by Gasteiger charge is -2.40. The van der Waals surface area contributed by atoms with Crippen molar-refractivity contribution in [3.05, 3.63) is 0 Å². The third-order valence-corrected chi connectivity index (χ3v) is 15.8. The summed E-state index contributed by atoms with van der Waals surface area (Å²) in [5.41, 5.74) is -1.69. The van der Waals surface area contributed by atoms with E-state index in [4.69, 9.17) is 8.85 Å². The van der Waals surface area contributed by atoms with E-state index in [1.54, 1.807) is 0 Å². The molecule has 2 atom stereocenters. The van der Waals surface area contributed by atoms with Crippen molar-refractivity contribution in [2.45, 2.75) is 116 Å². The lowest BCUT2D eigenvalue weighted by atomic mass is 9.93. The van der Waals surface area contributed by atoms with Gasteiger partial charge in [0.25, 0.3) is 0 Å². The molecule has 0 aromatic rings. The first-order valence-corrected chi connectivity index (χ1v) is 15.4. The minimum Gasteiger partial charge on any atom is -0.399 e. The van der Waals surface area contributed by atoms with Gasteiger partial charge in [-0.3, -0.25) is 0 Å². The van der Waals surface area contributed by atoms with Gasteiger partial charge >= 0.3 is 0 Å². The van der Waals surface area contributed by atoms with Gasteiger partial charge in [0, 0.05) is 0 Å². The standard InChI is InChI=1S/C20H40N2O2Si2/c1-9-25(10-2,11-3)23-19(7,17-21)15-16-20(8,18-22)24-26(12-4,13-5)14-6/h9-16H2,1-8H3. The Hall–Kier alpha value is -0.666. The minimum absolute atomic E-state index is 0.532. The van der Waals surface area contributed by atoms with Crippen molar-refractivity contribution in [3.63, 3.8) is 0 Å². The average molecular weight is 397 g/mol. The maximum atomic E-state index is 9.81. The summed E-state index contributed by atoms with van der Waals surface area (Å²) < 4.78 is 13.0. The molecule has 26 heavy (non-hydrogen) atoms. The fourth-order valence-corrected chi connectivity index (χ4v) is 9.70. The molecule has 2 unspecified atom stereocenters. The second-order valence-corrected chi connectivity index (χ2v) is 17.3. The van der Waals surface area contributed by atoms with Gasteiger partial charge in [-0.1, -0.05) is 41.5 Å². The van der Waals surface area contributed by atoms with Gasteiger partial charge in [-0.2, -0.15) is 10.5 Å². The largest absolute Gasteiger partial charge is 0.399 e. The molecule has 0 radical (unpaired) electrons. The molecule has 0 aliphatic rings. The highest BCUT2D eigenvalue weighted by molar-refractivity contribution is 6.74. The number of nitriles is 2. The van der Waals surface area contributed by atoms with Gasteiger partial charge in [0.05, 0.1) is 12.1 Å². The van der Waals surface area contributed by atoms with Crippen molar-refractivity contribution in [1.29, 1.82) is 10.5 Å². The number of hydrogen-bond donors (Lipinski definition) is 0. The molecule has 0 rings (SSSR count). The second kappa shape index (κ2) is 10.6. The van der Waals surface area contributed by atoms with Crippen LogP contribution in [0.2, 0.25) is 36.3 Å². The predicted molar refractivity (Wildman–Crippen MR) is 114 cm³/mol. The lowest BCUT2D eigenvalue weighted by Crippen LogP contribution is -2.48. The molecule has 4 nitrogen and oxygen atoms in total. The van der Waals surface area contributed by atoms with Gasteiger partial charge in [-0.05, 0) is 63.0 Å². The van der Waals surface area contributed by atoms with Crippen LogP contribution >= 0.6 is 0 Å². The maximum absolute atomic E-state index is 9.81. The molecule has 0 saturated heterocycles. The summed E-state index contributed by atoms with van der Waals surface area (Å²) in [5, 5.41) is 19.6. The molecule has 0 heterocycles. The number of rotatable bonds is 13. The Morgan fingerprint density at radius 1 is 0.615 bits per heavy atom. The van der Waals surface area contributed by atoms with Crippen molar-refractivity contribution in [1.82, 2.24) is 0 Å². The summed E-state index contributed by atoms with van der Waals surface area (Å²) >= 11 is 0. The fourth-order valence-electron chi connectivity index (χ4n) is 3.63. The summed E-state index contributed by atoms with van der Waals surface area (Å²) in [5.74, 6) is 0. The molecular formula is C20H40N2O2Si2. The highest BCUT2D eigenvalue weighted by Crippen LogP contribution is 2.35. The molecule has 0 fully saturated rings. The van der Waals surface area contributed by atoms with Gasteiger partial charge < -0.3 is 8.85 Å². The molecular weight excluding hydrogens is 356 g/mol. The highest BCUT2D eigenvalue weighted by Gasteiger charge is 2.42. The first kappa shape index (κ1) is 25.3. The molecule has 0 aromatic carbocycles. The third kappa shape index (κ3) is 6.49. The van der Waals surface area contributed by atoms with Crippen molar-refractivity contribution in [3.8, 4) is 12.1 Å². The van der Waals surface area contributed by atoms with Crippen LogP contribution in [-0.4, -0.2) is 27.8 Å². The van der Waals surface area contributed by atoms with E-state index in [0.29, 0.717) is 12.8 Å². The maximum Gasteiger partial charge on any atom is 0.194 e. The van der Waals surface area contributed by atoms with Crippen LogP contribution in [0.4, 0.5) is 0 Å². The quantitative estimate of drug-likeness (QED) is 0.339. The van der Waals surface area contributed by atoms with Gasteiger partial charge in [-0.15, -0.1) is 0 Å². The van der Waals surface area contributed by atoms with Crippen LogP contribution in [-0.2, 0) is 8.85 Å². The summed E-state index contributed by atoms with van der Waals surface area (Å²) in [6.45, 7) is 16.8. The Kier molecular flexibility index (Phi) is 10.3. The van der Waals surface area contributed by atoms with Crippen molar-refractivity contribution in [2.75, 3.05) is 0 Å². The zero-order chi connectivity index (χ0) is 20.5. The lowest BCUT2D eigenvalue weighted by molar-refractivity contribution is 0.0710. The molecule has 0 aromatic heterocycles. The first-order chi connectivity index (χ1) is 12.1. The summed E-state index contributed by atoms with van der Waals surface area (Å²) in [6.07, 6.45) is 1.06. The monoisotopic (exact) mass is 396 g/mol. The fraction of sp³-hybridized carbons (Fsp3) is 0.900. The van der Waals surface area contributed by atoms with Crippen LogP contribution in [0.1, 0.15) is 68.2 Å². The Balaban J connectivity index is 5.35. The second-order valence-electron chi connectivity index (χ2n) is 7.88. The van der Waals surface area contributed by atoms with Crippen LogP contribution in [0, 0.1) is 22.7 Å². The zero-order valence-corrected chi connectivity index (χ0v) is 20.4. The molecule has 0 N–H and O–H groups in total. The Morgan fingerprint density at radius 2 is 0.846 bits per heavy atom. The minimum atomic E-state index is -1.89. The smallest absolute Gasteiger partial charge is 0.194 e. The van der Waals surface area contributed by atoms with Crippen molar-refractivity contribution >= 4 is 16.6 Å². The summed E-state index contributed by atoms with van der Waals surface area (Å²) in [4.78, 5) is 0. The molecule has 0 saturated carbocycles. The van der Waals surface area contributed by atoms with E-state index < -0.39 is 27.8 Å². The van der Waals surface area contributed by atoms with E-state index in [0.717, 1.165) is 36.3 Å². The van der Waals surface area contributed by atoms with Gasteiger partial charge in [0.15, 0.2) is 16.6 Å². The third-order valence-electron chi connectivity index (χ3n) is 6.30. The van der Waals surface area contributed by atoms with Crippen LogP contribution in [0.15, 0.2) is 0 Å². The molecule has 6 heteroatoms. The molecule has 0 aliphatic carbocycles. The summed E-state index contributed by atoms with van der Waals surface area (Å²) in [6, 6.07) is 10.9. The number of hydrogen-bond acceptors (Lipinski definition) is 4. The van der Waals surface area contributed by atoms with E-state index in [-0.39, 0.29) is 0 Å². The molecule has 0 spiro atoms. The van der Waals surface area contributed by atoms with E-state index >= 15 is 0 Å². The normalized spacial score (nSPS) is 17.0. The first-order valence-electron chi connectivity index (χ1n) is 10.3. The molecule has 0 bridgehead atoms. The number of nitrogens with zero attached hydrogens (tertiary/aromatic N) is 2. The van der Waals surface area contributed by atoms with Crippen LogP contribution < -0.4 is 0 Å². The van der Waals surface area contributed by atoms with Gasteiger partial charge in [0.2, 0.25) is 0 Å². The Labute approximate surface area is 164 Å². The van der Waals surface area contributed by atoms with Crippen LogP contribution in [0.3, 0.4) is 0 Å². The van der Waals surface area contributed by atoms with Gasteiger partial charge in [0.1, 0.15) is 11.2 Å². The van der Waals surface area contributed by atoms with E-state index in [1.165, 1.54) is 0 Å². The Morgan fingerprint density at radius 3 is 1.00 bits per heavy atom. The zero-order valence-electron chi connectivity index (χ0n) is 18.4. The SMILES string of the molecule is CC[Si](CC)(CC)OC(C)(C#N)CCC(C)(C#N)O[Si](CC)(CC)CC. The van der Waals surface area contributed by atoms with E-state index in [2.05, 4.69) is 53.7 Å². The topological polar surface area (TPSA) is 66.0 Å². The summed E-state index contributed by atoms with van der Waals surface area (Å²) in [7, 11) is -3.77.